The molecule has 1 fully saturated rings. The number of aromatic nitrogens is 1. The topological polar surface area (TPSA) is 89.0 Å². The smallest absolute Gasteiger partial charge is 0.301 e. The van der Waals surface area contributed by atoms with Crippen molar-refractivity contribution in [1.29, 1.82) is 0 Å². The van der Waals surface area contributed by atoms with Gasteiger partial charge in [-0.15, -0.1) is 0 Å². The van der Waals surface area contributed by atoms with Crippen LogP contribution in [0.25, 0.3) is 16.0 Å². The maximum atomic E-state index is 13.5. The van der Waals surface area contributed by atoms with Crippen LogP contribution in [-0.2, 0) is 9.59 Å². The van der Waals surface area contributed by atoms with E-state index in [-0.39, 0.29) is 11.1 Å². The van der Waals surface area contributed by atoms with Crippen LogP contribution >= 0.6 is 11.3 Å². The van der Waals surface area contributed by atoms with Crippen molar-refractivity contribution in [1.82, 2.24) is 4.98 Å². The first-order valence-electron chi connectivity index (χ1n) is 11.4. The van der Waals surface area contributed by atoms with E-state index in [1.54, 1.807) is 18.2 Å². The Balaban J connectivity index is 1.76. The Hall–Kier alpha value is -4.24. The van der Waals surface area contributed by atoms with Crippen LogP contribution in [0.15, 0.2) is 60.2 Å². The van der Waals surface area contributed by atoms with Crippen molar-refractivity contribution in [2.75, 3.05) is 19.1 Å². The first-order chi connectivity index (χ1) is 17.7. The molecule has 0 saturated carbocycles. The van der Waals surface area contributed by atoms with Crippen LogP contribution in [0.5, 0.6) is 11.5 Å². The van der Waals surface area contributed by atoms with Crippen molar-refractivity contribution < 1.29 is 28.6 Å². The molecule has 0 radical (unpaired) electrons. The van der Waals surface area contributed by atoms with Gasteiger partial charge in [0.1, 0.15) is 11.6 Å². The lowest BCUT2D eigenvalue weighted by atomic mass is 9.95. The SMILES string of the molecule is COc1ccc([C@H]2C(=C(O)c3ccc(F)cc3)C(=O)C(=O)N2c2nc3c(C)cc(C)cc3s2)cc1OC. The molecule has 1 aliphatic heterocycles. The van der Waals surface area contributed by atoms with Gasteiger partial charge in [0.05, 0.1) is 36.1 Å². The van der Waals surface area contributed by atoms with Crippen molar-refractivity contribution in [3.05, 3.63) is 88.2 Å². The zero-order chi connectivity index (χ0) is 26.4. The summed E-state index contributed by atoms with van der Waals surface area (Å²) in [5.74, 6) is -1.73. The minimum absolute atomic E-state index is 0.129. The van der Waals surface area contributed by atoms with E-state index in [4.69, 9.17) is 14.5 Å². The van der Waals surface area contributed by atoms with E-state index in [9.17, 15) is 19.1 Å². The molecule has 0 aliphatic carbocycles. The second kappa shape index (κ2) is 9.33. The number of thiazole rings is 1. The molecule has 188 valence electrons. The number of anilines is 1. The number of methoxy groups -OCH3 is 2. The molecule has 3 aromatic carbocycles. The summed E-state index contributed by atoms with van der Waals surface area (Å²) in [5.41, 5.74) is 3.32. The molecule has 9 heteroatoms. The molecular formula is C28H23FN2O5S. The highest BCUT2D eigenvalue weighted by atomic mass is 32.1. The van der Waals surface area contributed by atoms with E-state index in [1.807, 2.05) is 26.0 Å². The molecule has 2 heterocycles. The van der Waals surface area contributed by atoms with E-state index in [1.165, 1.54) is 54.7 Å². The first kappa shape index (κ1) is 24.5. The number of benzene rings is 3. The molecule has 5 rings (SSSR count). The van der Waals surface area contributed by atoms with Gasteiger partial charge in [-0.25, -0.2) is 9.37 Å². The van der Waals surface area contributed by atoms with Gasteiger partial charge in [-0.1, -0.05) is 23.5 Å². The van der Waals surface area contributed by atoms with Gasteiger partial charge in [-0.05, 0) is 73.0 Å². The second-order valence-corrected chi connectivity index (χ2v) is 9.72. The van der Waals surface area contributed by atoms with Crippen molar-refractivity contribution in [3.63, 3.8) is 0 Å². The Labute approximate surface area is 216 Å². The van der Waals surface area contributed by atoms with Gasteiger partial charge in [0.15, 0.2) is 16.6 Å². The lowest BCUT2D eigenvalue weighted by Crippen LogP contribution is -2.29. The normalized spacial score (nSPS) is 17.0. The number of carbonyl (C=O) groups is 2. The Morgan fingerprint density at radius 3 is 2.38 bits per heavy atom. The lowest BCUT2D eigenvalue weighted by Gasteiger charge is -2.23. The Morgan fingerprint density at radius 1 is 1.00 bits per heavy atom. The van der Waals surface area contributed by atoms with E-state index in [0.717, 1.165) is 21.3 Å². The summed E-state index contributed by atoms with van der Waals surface area (Å²) >= 11 is 1.29. The quantitative estimate of drug-likeness (QED) is 0.207. The maximum absolute atomic E-state index is 13.5. The lowest BCUT2D eigenvalue weighted by molar-refractivity contribution is -0.132. The van der Waals surface area contributed by atoms with Crippen LogP contribution in [0.3, 0.4) is 0 Å². The number of aryl methyl sites for hydroxylation is 2. The summed E-state index contributed by atoms with van der Waals surface area (Å²) in [6, 6.07) is 13.1. The first-order valence-corrected chi connectivity index (χ1v) is 12.2. The number of hydrogen-bond acceptors (Lipinski definition) is 7. The molecule has 1 atom stereocenters. The van der Waals surface area contributed by atoms with Crippen LogP contribution in [-0.4, -0.2) is 36.0 Å². The van der Waals surface area contributed by atoms with Crippen LogP contribution in [0.2, 0.25) is 0 Å². The molecule has 0 spiro atoms. The maximum Gasteiger partial charge on any atom is 0.301 e. The number of rotatable bonds is 5. The van der Waals surface area contributed by atoms with Crippen molar-refractivity contribution in [2.24, 2.45) is 0 Å². The standard InChI is InChI=1S/C28H23FN2O5S/c1-14-11-15(2)23-21(12-14)37-28(30-23)31-24(17-7-10-19(35-3)20(13-17)36-4)22(26(33)27(31)34)25(32)16-5-8-18(29)9-6-16/h5-13,24,32H,1-4H3/t24-/m0/s1. The summed E-state index contributed by atoms with van der Waals surface area (Å²) in [7, 11) is 2.99. The predicted molar refractivity (Wildman–Crippen MR) is 140 cm³/mol. The molecule has 37 heavy (non-hydrogen) atoms. The number of amides is 1. The zero-order valence-corrected chi connectivity index (χ0v) is 21.4. The van der Waals surface area contributed by atoms with E-state index >= 15 is 0 Å². The van der Waals surface area contributed by atoms with Gasteiger partial charge >= 0.3 is 5.91 Å². The Morgan fingerprint density at radius 2 is 1.70 bits per heavy atom. The van der Waals surface area contributed by atoms with Crippen molar-refractivity contribution in [2.45, 2.75) is 19.9 Å². The van der Waals surface area contributed by atoms with E-state index in [0.29, 0.717) is 22.2 Å². The molecule has 1 aliphatic rings. The van der Waals surface area contributed by atoms with Crippen LogP contribution in [0.1, 0.15) is 28.3 Å². The average molecular weight is 519 g/mol. The zero-order valence-electron chi connectivity index (χ0n) is 20.5. The molecule has 1 amide bonds. The Bertz CT molecular complexity index is 1590. The van der Waals surface area contributed by atoms with Crippen molar-refractivity contribution >= 4 is 44.1 Å². The molecular weight excluding hydrogens is 495 g/mol. The number of ether oxygens (including phenoxy) is 2. The van der Waals surface area contributed by atoms with Crippen LogP contribution in [0.4, 0.5) is 9.52 Å². The summed E-state index contributed by atoms with van der Waals surface area (Å²) in [6.45, 7) is 3.91. The number of ketones is 1. The third-order valence-corrected chi connectivity index (χ3v) is 7.31. The second-order valence-electron chi connectivity index (χ2n) is 8.72. The third kappa shape index (κ3) is 4.11. The van der Waals surface area contributed by atoms with Gasteiger partial charge < -0.3 is 14.6 Å². The molecule has 1 aromatic heterocycles. The fraction of sp³-hybridized carbons (Fsp3) is 0.179. The number of aliphatic hydroxyl groups is 1. The van der Waals surface area contributed by atoms with Gasteiger partial charge in [0.25, 0.3) is 5.78 Å². The van der Waals surface area contributed by atoms with Crippen molar-refractivity contribution in [3.8, 4) is 11.5 Å². The summed E-state index contributed by atoms with van der Waals surface area (Å²) in [6.07, 6.45) is 0. The predicted octanol–water partition coefficient (Wildman–Crippen LogP) is 5.70. The molecule has 1 saturated heterocycles. The highest BCUT2D eigenvalue weighted by Gasteiger charge is 2.48. The molecule has 4 aromatic rings. The number of aliphatic hydroxyl groups excluding tert-OH is 1. The van der Waals surface area contributed by atoms with Gasteiger partial charge in [-0.2, -0.15) is 0 Å². The fourth-order valence-corrected chi connectivity index (χ4v) is 5.76. The number of nitrogens with zero attached hydrogens (tertiary/aromatic N) is 2. The highest BCUT2D eigenvalue weighted by molar-refractivity contribution is 7.22. The number of fused-ring (bicyclic) bond motifs is 1. The molecule has 7 nitrogen and oxygen atoms in total. The summed E-state index contributed by atoms with van der Waals surface area (Å²) in [4.78, 5) is 32.9. The molecule has 1 N–H and O–H groups in total. The van der Waals surface area contributed by atoms with Gasteiger partial charge in [-0.3, -0.25) is 14.5 Å². The summed E-state index contributed by atoms with van der Waals surface area (Å²) < 4.78 is 25.2. The molecule has 0 unspecified atom stereocenters. The number of Topliss-reactive ketones (excluding diaryl/α,β-unsaturated/α-hetero) is 1. The highest BCUT2D eigenvalue weighted by Crippen LogP contribution is 2.46. The minimum Gasteiger partial charge on any atom is -0.507 e. The van der Waals surface area contributed by atoms with Gasteiger partial charge in [0, 0.05) is 5.56 Å². The number of carbonyl (C=O) groups excluding carboxylic acids is 2. The summed E-state index contributed by atoms with van der Waals surface area (Å²) in [5, 5.41) is 11.6. The fourth-order valence-electron chi connectivity index (χ4n) is 4.59. The largest absolute Gasteiger partial charge is 0.507 e. The monoisotopic (exact) mass is 518 g/mol. The molecule has 0 bridgehead atoms. The van der Waals surface area contributed by atoms with Crippen LogP contribution < -0.4 is 14.4 Å². The third-order valence-electron chi connectivity index (χ3n) is 6.31. The van der Waals surface area contributed by atoms with E-state index < -0.39 is 29.3 Å². The minimum atomic E-state index is -1.01. The average Bonchev–Trinajstić information content (AvgIpc) is 3.42. The number of halogens is 1. The van der Waals surface area contributed by atoms with E-state index in [2.05, 4.69) is 0 Å². The number of hydrogen-bond donors (Lipinski definition) is 1. The Kier molecular flexibility index (Phi) is 6.16. The van der Waals surface area contributed by atoms with Crippen LogP contribution in [0, 0.1) is 19.7 Å². The van der Waals surface area contributed by atoms with Gasteiger partial charge in [0.2, 0.25) is 0 Å².